The van der Waals surface area contributed by atoms with Gasteiger partial charge in [-0.3, -0.25) is 0 Å². The van der Waals surface area contributed by atoms with Crippen molar-refractivity contribution in [3.05, 3.63) is 59.7 Å². The molecule has 0 saturated heterocycles. The number of thiocarbonyl (C=S) groups is 1. The van der Waals surface area contributed by atoms with E-state index in [1.165, 1.54) is 12.1 Å². The second-order valence-corrected chi connectivity index (χ2v) is 4.41. The highest BCUT2D eigenvalue weighted by atomic mass is 32.1. The van der Waals surface area contributed by atoms with Crippen LogP contribution in [0.25, 0.3) is 0 Å². The Labute approximate surface area is 115 Å². The molecule has 5 heteroatoms. The van der Waals surface area contributed by atoms with Gasteiger partial charge in [-0.25, -0.2) is 8.78 Å². The van der Waals surface area contributed by atoms with Crippen LogP contribution in [0.5, 0.6) is 0 Å². The Balaban J connectivity index is 2.14. The van der Waals surface area contributed by atoms with E-state index in [1.807, 2.05) is 18.2 Å². The van der Waals surface area contributed by atoms with E-state index in [0.717, 1.165) is 5.69 Å². The Hall–Kier alpha value is -2.01. The summed E-state index contributed by atoms with van der Waals surface area (Å²) in [6, 6.07) is 11.7. The van der Waals surface area contributed by atoms with E-state index in [9.17, 15) is 8.78 Å². The molecule has 2 aromatic carbocycles. The normalized spacial score (nSPS) is 10.1. The molecule has 0 aliphatic carbocycles. The molecule has 0 aliphatic rings. The van der Waals surface area contributed by atoms with Gasteiger partial charge in [0.1, 0.15) is 11.5 Å². The molecule has 0 spiro atoms. The average molecular weight is 278 g/mol. The Morgan fingerprint density at radius 3 is 2.37 bits per heavy atom. The van der Waals surface area contributed by atoms with Crippen LogP contribution in [-0.2, 0) is 0 Å². The van der Waals surface area contributed by atoms with E-state index >= 15 is 0 Å². The van der Waals surface area contributed by atoms with Crippen molar-refractivity contribution < 1.29 is 8.78 Å². The molecular formula is C14H12F2N2S. The minimum atomic E-state index is -0.680. The molecule has 0 unspecified atom stereocenters. The van der Waals surface area contributed by atoms with Gasteiger partial charge in [-0.2, -0.15) is 0 Å². The molecule has 0 saturated carbocycles. The van der Waals surface area contributed by atoms with Gasteiger partial charge in [-0.15, -0.1) is 0 Å². The molecule has 2 rings (SSSR count). The molecule has 98 valence electrons. The summed E-state index contributed by atoms with van der Waals surface area (Å²) in [4.78, 5) is 0. The van der Waals surface area contributed by atoms with Gasteiger partial charge in [0.15, 0.2) is 10.9 Å². The molecule has 0 bridgehead atoms. The zero-order chi connectivity index (χ0) is 13.8. The van der Waals surface area contributed by atoms with Crippen molar-refractivity contribution in [2.24, 2.45) is 0 Å². The average Bonchev–Trinajstić information content (AvgIpc) is 2.40. The van der Waals surface area contributed by atoms with Crippen LogP contribution in [0.1, 0.15) is 5.56 Å². The molecule has 0 radical (unpaired) electrons. The molecule has 2 N–H and O–H groups in total. The number of anilines is 2. The van der Waals surface area contributed by atoms with Gasteiger partial charge in [0.05, 0.1) is 0 Å². The van der Waals surface area contributed by atoms with Crippen LogP contribution in [0, 0.1) is 18.6 Å². The smallest absolute Gasteiger partial charge is 0.175 e. The van der Waals surface area contributed by atoms with Crippen LogP contribution in [-0.4, -0.2) is 5.11 Å². The number of para-hydroxylation sites is 1. The van der Waals surface area contributed by atoms with Gasteiger partial charge in [0.2, 0.25) is 0 Å². The second-order valence-electron chi connectivity index (χ2n) is 4.00. The fourth-order valence-electron chi connectivity index (χ4n) is 1.57. The first-order valence-corrected chi connectivity index (χ1v) is 6.06. The minimum absolute atomic E-state index is 0.134. The lowest BCUT2D eigenvalue weighted by Gasteiger charge is -2.12. The zero-order valence-electron chi connectivity index (χ0n) is 10.2. The minimum Gasteiger partial charge on any atom is -0.332 e. The molecule has 2 aromatic rings. The fraction of sp³-hybridized carbons (Fsp3) is 0.0714. The third-order valence-corrected chi connectivity index (χ3v) is 2.76. The van der Waals surface area contributed by atoms with Crippen LogP contribution >= 0.6 is 12.2 Å². The molecule has 0 aromatic heterocycles. The number of rotatable bonds is 2. The summed E-state index contributed by atoms with van der Waals surface area (Å²) in [5.74, 6) is -1.32. The van der Waals surface area contributed by atoms with Crippen LogP contribution in [0.2, 0.25) is 0 Å². The maximum Gasteiger partial charge on any atom is 0.175 e. The quantitative estimate of drug-likeness (QED) is 0.809. The Morgan fingerprint density at radius 2 is 1.68 bits per heavy atom. The van der Waals surface area contributed by atoms with Crippen LogP contribution < -0.4 is 10.6 Å². The lowest BCUT2D eigenvalue weighted by Crippen LogP contribution is -2.20. The molecule has 0 atom stereocenters. The number of hydrogen-bond acceptors (Lipinski definition) is 1. The molecule has 0 fully saturated rings. The number of hydrogen-bond donors (Lipinski definition) is 2. The van der Waals surface area contributed by atoms with E-state index in [2.05, 4.69) is 10.6 Å². The highest BCUT2D eigenvalue weighted by Crippen LogP contribution is 2.21. The maximum atomic E-state index is 13.8. The van der Waals surface area contributed by atoms with E-state index in [-0.39, 0.29) is 10.8 Å². The first-order valence-electron chi connectivity index (χ1n) is 5.65. The monoisotopic (exact) mass is 278 g/mol. The maximum absolute atomic E-state index is 13.8. The summed E-state index contributed by atoms with van der Waals surface area (Å²) < 4.78 is 27.3. The SMILES string of the molecule is Cc1ccc(F)c(NC(=S)Nc2ccccc2)c1F. The van der Waals surface area contributed by atoms with E-state index in [4.69, 9.17) is 12.2 Å². The van der Waals surface area contributed by atoms with Crippen molar-refractivity contribution in [3.8, 4) is 0 Å². The first-order chi connectivity index (χ1) is 9.08. The third-order valence-electron chi connectivity index (χ3n) is 2.55. The molecular weight excluding hydrogens is 266 g/mol. The zero-order valence-corrected chi connectivity index (χ0v) is 11.0. The van der Waals surface area contributed by atoms with Gasteiger partial charge < -0.3 is 10.6 Å². The van der Waals surface area contributed by atoms with Crippen molar-refractivity contribution >= 4 is 28.7 Å². The van der Waals surface area contributed by atoms with Gasteiger partial charge in [0, 0.05) is 5.69 Å². The Kier molecular flexibility index (Phi) is 4.06. The third kappa shape index (κ3) is 3.26. The highest BCUT2D eigenvalue weighted by molar-refractivity contribution is 7.80. The molecule has 19 heavy (non-hydrogen) atoms. The van der Waals surface area contributed by atoms with Crippen molar-refractivity contribution in [2.75, 3.05) is 10.6 Å². The van der Waals surface area contributed by atoms with Crippen molar-refractivity contribution in [1.29, 1.82) is 0 Å². The first kappa shape index (κ1) is 13.4. The summed E-state index contributed by atoms with van der Waals surface area (Å²) in [6.45, 7) is 1.56. The number of benzene rings is 2. The van der Waals surface area contributed by atoms with Gasteiger partial charge in [-0.05, 0) is 42.9 Å². The predicted molar refractivity (Wildman–Crippen MR) is 77.4 cm³/mol. The summed E-state index contributed by atoms with van der Waals surface area (Å²) >= 11 is 5.03. The van der Waals surface area contributed by atoms with E-state index in [0.29, 0.717) is 5.56 Å². The Bertz CT molecular complexity index is 600. The van der Waals surface area contributed by atoms with Crippen molar-refractivity contribution in [2.45, 2.75) is 6.92 Å². The molecule has 2 nitrogen and oxygen atoms in total. The van der Waals surface area contributed by atoms with Crippen molar-refractivity contribution in [3.63, 3.8) is 0 Å². The van der Waals surface area contributed by atoms with Crippen LogP contribution in [0.15, 0.2) is 42.5 Å². The summed E-state index contributed by atoms with van der Waals surface area (Å²) in [6.07, 6.45) is 0. The number of nitrogens with one attached hydrogen (secondary N) is 2. The largest absolute Gasteiger partial charge is 0.332 e. The topological polar surface area (TPSA) is 24.1 Å². The summed E-state index contributed by atoms with van der Waals surface area (Å²) in [5, 5.41) is 5.52. The molecule has 0 amide bonds. The lowest BCUT2D eigenvalue weighted by atomic mass is 10.2. The second kappa shape index (κ2) is 5.75. The van der Waals surface area contributed by atoms with Crippen molar-refractivity contribution in [1.82, 2.24) is 0 Å². The Morgan fingerprint density at radius 1 is 1.00 bits per heavy atom. The summed E-state index contributed by atoms with van der Waals surface area (Å²) in [5.41, 5.74) is 0.855. The highest BCUT2D eigenvalue weighted by Gasteiger charge is 2.12. The van der Waals surface area contributed by atoms with Crippen LogP contribution in [0.3, 0.4) is 0 Å². The number of halogens is 2. The lowest BCUT2D eigenvalue weighted by molar-refractivity contribution is 0.585. The molecule has 0 aliphatic heterocycles. The molecule has 0 heterocycles. The summed E-state index contributed by atoms with van der Waals surface area (Å²) in [7, 11) is 0. The van der Waals surface area contributed by atoms with Crippen LogP contribution in [0.4, 0.5) is 20.2 Å². The predicted octanol–water partition coefficient (Wildman–Crippen LogP) is 4.08. The van der Waals surface area contributed by atoms with Gasteiger partial charge in [-0.1, -0.05) is 24.3 Å². The van der Waals surface area contributed by atoms with E-state index < -0.39 is 11.6 Å². The van der Waals surface area contributed by atoms with E-state index in [1.54, 1.807) is 19.1 Å². The van der Waals surface area contributed by atoms with Gasteiger partial charge >= 0.3 is 0 Å². The number of aryl methyl sites for hydroxylation is 1. The van der Waals surface area contributed by atoms with Gasteiger partial charge in [0.25, 0.3) is 0 Å². The standard InChI is InChI=1S/C14H12F2N2S/c1-9-7-8-11(15)13(12(9)16)18-14(19)17-10-5-3-2-4-6-10/h2-8H,1H3,(H2,17,18,19). The fourth-order valence-corrected chi connectivity index (χ4v) is 1.79.